The van der Waals surface area contributed by atoms with E-state index in [-0.39, 0.29) is 12.5 Å². The first-order chi connectivity index (χ1) is 9.76. The minimum absolute atomic E-state index is 0.0586. The lowest BCUT2D eigenvalue weighted by atomic mass is 9.94. The molecule has 2 heterocycles. The van der Waals surface area contributed by atoms with Crippen LogP contribution in [-0.2, 0) is 0 Å². The van der Waals surface area contributed by atoms with Gasteiger partial charge < -0.3 is 10.6 Å². The number of pyridine rings is 1. The minimum Gasteiger partial charge on any atom is -0.339 e. The quantitative estimate of drug-likeness (QED) is 0.832. The predicted molar refractivity (Wildman–Crippen MR) is 79.1 cm³/mol. The lowest BCUT2D eigenvalue weighted by molar-refractivity contribution is 0.0688. The molecule has 0 bridgehead atoms. The summed E-state index contributed by atoms with van der Waals surface area (Å²) >= 11 is 0. The first kappa shape index (κ1) is 14.5. The molecule has 1 aliphatic rings. The fraction of sp³-hybridized carbons (Fsp3) is 0.500. The molecule has 2 rings (SSSR count). The highest BCUT2D eigenvalue weighted by Crippen LogP contribution is 2.21. The van der Waals surface area contributed by atoms with Crippen LogP contribution in [0.1, 0.15) is 42.1 Å². The summed E-state index contributed by atoms with van der Waals surface area (Å²) in [5.41, 5.74) is 6.69. The maximum absolute atomic E-state index is 12.6. The molecule has 0 radical (unpaired) electrons. The van der Waals surface area contributed by atoms with E-state index in [9.17, 15) is 4.79 Å². The second kappa shape index (κ2) is 7.06. The monoisotopic (exact) mass is 271 g/mol. The third-order valence-electron chi connectivity index (χ3n) is 3.86. The largest absolute Gasteiger partial charge is 0.339 e. The number of aromatic nitrogens is 1. The molecule has 2 N–H and O–H groups in total. The second-order valence-corrected chi connectivity index (χ2v) is 5.07. The van der Waals surface area contributed by atoms with Crippen LogP contribution in [-0.4, -0.2) is 35.4 Å². The Hall–Kier alpha value is -1.86. The molecule has 1 aliphatic heterocycles. The van der Waals surface area contributed by atoms with Crippen LogP contribution in [0.25, 0.3) is 0 Å². The molecule has 0 unspecified atom stereocenters. The summed E-state index contributed by atoms with van der Waals surface area (Å²) in [5, 5.41) is 0. The molecule has 4 nitrogen and oxygen atoms in total. The molecule has 0 spiro atoms. The van der Waals surface area contributed by atoms with Crippen molar-refractivity contribution in [2.24, 2.45) is 11.7 Å². The first-order valence-corrected chi connectivity index (χ1v) is 7.18. The van der Waals surface area contributed by atoms with Gasteiger partial charge in [-0.25, -0.2) is 0 Å². The number of nitrogens with zero attached hydrogens (tertiary/aromatic N) is 2. The van der Waals surface area contributed by atoms with Gasteiger partial charge in [-0.1, -0.05) is 25.2 Å². The standard InChI is InChI=1S/C16H21N3O/c1-2-13-6-10-19(11-7-13)16(20)15-5-9-18-12-14(15)4-3-8-17/h5,9,12-13H,2,6-8,10-11,17H2,1H3. The summed E-state index contributed by atoms with van der Waals surface area (Å²) in [5.74, 6) is 6.53. The van der Waals surface area contributed by atoms with Crippen molar-refractivity contribution in [1.29, 1.82) is 0 Å². The number of hydrogen-bond donors (Lipinski definition) is 1. The summed E-state index contributed by atoms with van der Waals surface area (Å²) in [4.78, 5) is 18.5. The van der Waals surface area contributed by atoms with Gasteiger partial charge in [0, 0.05) is 25.5 Å². The van der Waals surface area contributed by atoms with Crippen molar-refractivity contribution in [2.45, 2.75) is 26.2 Å². The zero-order valence-corrected chi connectivity index (χ0v) is 11.9. The van der Waals surface area contributed by atoms with Gasteiger partial charge in [0.25, 0.3) is 5.91 Å². The third-order valence-corrected chi connectivity index (χ3v) is 3.86. The molecule has 1 aromatic rings. The first-order valence-electron chi connectivity index (χ1n) is 7.18. The van der Waals surface area contributed by atoms with Crippen LogP contribution < -0.4 is 5.73 Å². The molecule has 0 atom stereocenters. The van der Waals surface area contributed by atoms with Gasteiger partial charge in [-0.2, -0.15) is 0 Å². The summed E-state index contributed by atoms with van der Waals surface area (Å²) in [6.07, 6.45) is 6.66. The van der Waals surface area contributed by atoms with E-state index in [0.29, 0.717) is 11.1 Å². The molecule has 20 heavy (non-hydrogen) atoms. The Morgan fingerprint density at radius 3 is 2.90 bits per heavy atom. The van der Waals surface area contributed by atoms with E-state index in [0.717, 1.165) is 31.8 Å². The highest BCUT2D eigenvalue weighted by atomic mass is 16.2. The Morgan fingerprint density at radius 1 is 1.50 bits per heavy atom. The van der Waals surface area contributed by atoms with Crippen LogP contribution in [0.5, 0.6) is 0 Å². The maximum Gasteiger partial charge on any atom is 0.255 e. The predicted octanol–water partition coefficient (Wildman–Crippen LogP) is 1.65. The molecule has 1 aromatic heterocycles. The van der Waals surface area contributed by atoms with Crippen LogP contribution in [0.4, 0.5) is 0 Å². The third kappa shape index (κ3) is 3.37. The number of likely N-dealkylation sites (tertiary alicyclic amines) is 1. The molecule has 0 saturated carbocycles. The fourth-order valence-electron chi connectivity index (χ4n) is 2.54. The Bertz CT molecular complexity index is 522. The average Bonchev–Trinajstić information content (AvgIpc) is 2.52. The van der Waals surface area contributed by atoms with Crippen molar-refractivity contribution >= 4 is 5.91 Å². The SMILES string of the molecule is CCC1CCN(C(=O)c2ccncc2C#CCN)CC1. The number of rotatable bonds is 2. The molecule has 1 fully saturated rings. The normalized spacial score (nSPS) is 15.6. The van der Waals surface area contributed by atoms with Gasteiger partial charge in [0.2, 0.25) is 0 Å². The van der Waals surface area contributed by atoms with Crippen molar-refractivity contribution in [3.05, 3.63) is 29.6 Å². The number of amides is 1. The van der Waals surface area contributed by atoms with E-state index >= 15 is 0 Å². The number of carbonyl (C=O) groups excluding carboxylic acids is 1. The summed E-state index contributed by atoms with van der Waals surface area (Å²) in [6, 6.07) is 1.74. The molecule has 0 aromatic carbocycles. The molecular weight excluding hydrogens is 250 g/mol. The van der Waals surface area contributed by atoms with Gasteiger partial charge in [0.15, 0.2) is 0 Å². The second-order valence-electron chi connectivity index (χ2n) is 5.07. The highest BCUT2D eigenvalue weighted by molar-refractivity contribution is 5.96. The van der Waals surface area contributed by atoms with Crippen LogP contribution in [0, 0.1) is 17.8 Å². The zero-order valence-electron chi connectivity index (χ0n) is 11.9. The summed E-state index contributed by atoms with van der Waals surface area (Å²) in [7, 11) is 0. The van der Waals surface area contributed by atoms with E-state index in [1.807, 2.05) is 4.90 Å². The number of carbonyl (C=O) groups is 1. The molecular formula is C16H21N3O. The van der Waals surface area contributed by atoms with Crippen LogP contribution in [0.3, 0.4) is 0 Å². The van der Waals surface area contributed by atoms with Crippen LogP contribution >= 0.6 is 0 Å². The van der Waals surface area contributed by atoms with Crippen molar-refractivity contribution in [1.82, 2.24) is 9.88 Å². The smallest absolute Gasteiger partial charge is 0.255 e. The highest BCUT2D eigenvalue weighted by Gasteiger charge is 2.23. The van der Waals surface area contributed by atoms with Crippen LogP contribution in [0.15, 0.2) is 18.5 Å². The van der Waals surface area contributed by atoms with Crippen molar-refractivity contribution < 1.29 is 4.79 Å². The van der Waals surface area contributed by atoms with Gasteiger partial charge in [-0.05, 0) is 24.8 Å². The van der Waals surface area contributed by atoms with E-state index in [2.05, 4.69) is 23.7 Å². The van der Waals surface area contributed by atoms with Crippen molar-refractivity contribution in [3.63, 3.8) is 0 Å². The Labute approximate surface area is 120 Å². The van der Waals surface area contributed by atoms with Crippen LogP contribution in [0.2, 0.25) is 0 Å². The Morgan fingerprint density at radius 2 is 2.25 bits per heavy atom. The lowest BCUT2D eigenvalue weighted by Gasteiger charge is -2.31. The van der Waals surface area contributed by atoms with Gasteiger partial charge in [0.05, 0.1) is 17.7 Å². The van der Waals surface area contributed by atoms with Gasteiger partial charge in [0.1, 0.15) is 0 Å². The Kier molecular flexibility index (Phi) is 5.14. The minimum atomic E-state index is 0.0586. The summed E-state index contributed by atoms with van der Waals surface area (Å²) in [6.45, 7) is 4.17. The topological polar surface area (TPSA) is 59.2 Å². The van der Waals surface area contributed by atoms with Gasteiger partial charge in [-0.3, -0.25) is 9.78 Å². The molecule has 4 heteroatoms. The zero-order chi connectivity index (χ0) is 14.4. The number of hydrogen-bond acceptors (Lipinski definition) is 3. The van der Waals surface area contributed by atoms with Crippen molar-refractivity contribution in [3.8, 4) is 11.8 Å². The van der Waals surface area contributed by atoms with Gasteiger partial charge >= 0.3 is 0 Å². The average molecular weight is 271 g/mol. The maximum atomic E-state index is 12.6. The molecule has 0 aliphatic carbocycles. The van der Waals surface area contributed by atoms with E-state index in [1.165, 1.54) is 6.42 Å². The van der Waals surface area contributed by atoms with E-state index in [1.54, 1.807) is 18.5 Å². The van der Waals surface area contributed by atoms with Gasteiger partial charge in [-0.15, -0.1) is 0 Å². The molecule has 1 saturated heterocycles. The van der Waals surface area contributed by atoms with E-state index < -0.39 is 0 Å². The molecule has 1 amide bonds. The molecule has 106 valence electrons. The summed E-state index contributed by atoms with van der Waals surface area (Å²) < 4.78 is 0. The fourth-order valence-corrected chi connectivity index (χ4v) is 2.54. The van der Waals surface area contributed by atoms with E-state index in [4.69, 9.17) is 5.73 Å². The Balaban J connectivity index is 2.13. The van der Waals surface area contributed by atoms with Crippen molar-refractivity contribution in [2.75, 3.05) is 19.6 Å². The number of piperidine rings is 1. The number of nitrogens with two attached hydrogens (primary N) is 1. The lowest BCUT2D eigenvalue weighted by Crippen LogP contribution is -2.38.